The molecule has 1 aliphatic rings. The lowest BCUT2D eigenvalue weighted by Gasteiger charge is -2.03. The molecule has 7 heteroatoms. The van der Waals surface area contributed by atoms with Crippen LogP contribution in [0.1, 0.15) is 24.0 Å². The second-order valence-electron chi connectivity index (χ2n) is 5.19. The Kier molecular flexibility index (Phi) is 3.80. The summed E-state index contributed by atoms with van der Waals surface area (Å²) in [6.07, 6.45) is 3.97. The van der Waals surface area contributed by atoms with Crippen molar-refractivity contribution >= 4 is 11.3 Å². The fourth-order valence-electron chi connectivity index (χ4n) is 2.57. The van der Waals surface area contributed by atoms with Gasteiger partial charge in [-0.05, 0) is 25.0 Å². The highest BCUT2D eigenvalue weighted by atomic mass is 32.1. The average molecular weight is 329 g/mol. The first-order valence-corrected chi connectivity index (χ1v) is 8.21. The van der Waals surface area contributed by atoms with Crippen molar-refractivity contribution in [3.63, 3.8) is 0 Å². The third-order valence-electron chi connectivity index (χ3n) is 3.71. The molecule has 1 saturated heterocycles. The molecule has 6 nitrogen and oxygen atoms in total. The first kappa shape index (κ1) is 14.3. The molecule has 1 atom stereocenters. The first-order chi connectivity index (χ1) is 11.3. The molecule has 0 spiro atoms. The minimum absolute atomic E-state index is 0.102. The van der Waals surface area contributed by atoms with Crippen molar-refractivity contribution in [3.05, 3.63) is 35.5 Å². The minimum atomic E-state index is 0.102. The fourth-order valence-corrected chi connectivity index (χ4v) is 3.49. The van der Waals surface area contributed by atoms with Crippen molar-refractivity contribution in [1.29, 1.82) is 0 Å². The maximum atomic E-state index is 5.66. The molecule has 0 N–H and O–H groups in total. The molecule has 3 aromatic rings. The van der Waals surface area contributed by atoms with Crippen LogP contribution in [0.5, 0.6) is 5.75 Å². The SMILES string of the molecule is COc1ccccc1-c1noc(-c2cnc(C3CCCO3)s2)n1. The highest BCUT2D eigenvalue weighted by Gasteiger charge is 2.23. The second kappa shape index (κ2) is 6.10. The summed E-state index contributed by atoms with van der Waals surface area (Å²) in [5.41, 5.74) is 0.800. The van der Waals surface area contributed by atoms with Gasteiger partial charge in [0.25, 0.3) is 5.89 Å². The quantitative estimate of drug-likeness (QED) is 0.726. The van der Waals surface area contributed by atoms with Gasteiger partial charge >= 0.3 is 0 Å². The molecule has 23 heavy (non-hydrogen) atoms. The largest absolute Gasteiger partial charge is 0.496 e. The molecule has 0 saturated carbocycles. The topological polar surface area (TPSA) is 70.3 Å². The van der Waals surface area contributed by atoms with Gasteiger partial charge < -0.3 is 14.0 Å². The highest BCUT2D eigenvalue weighted by molar-refractivity contribution is 7.15. The van der Waals surface area contributed by atoms with Gasteiger partial charge in [-0.2, -0.15) is 4.98 Å². The third kappa shape index (κ3) is 2.73. The summed E-state index contributed by atoms with van der Waals surface area (Å²) >= 11 is 1.54. The molecular weight excluding hydrogens is 314 g/mol. The van der Waals surface area contributed by atoms with Crippen LogP contribution in [-0.4, -0.2) is 28.8 Å². The maximum absolute atomic E-state index is 5.66. The van der Waals surface area contributed by atoms with Gasteiger partial charge in [-0.25, -0.2) is 4.98 Å². The fraction of sp³-hybridized carbons (Fsp3) is 0.312. The third-order valence-corrected chi connectivity index (χ3v) is 4.79. The molecule has 118 valence electrons. The Morgan fingerprint density at radius 3 is 3.04 bits per heavy atom. The number of aromatic nitrogens is 3. The van der Waals surface area contributed by atoms with E-state index in [2.05, 4.69) is 15.1 Å². The maximum Gasteiger partial charge on any atom is 0.269 e. The molecule has 0 radical (unpaired) electrons. The van der Waals surface area contributed by atoms with E-state index in [0.29, 0.717) is 17.5 Å². The lowest BCUT2D eigenvalue weighted by atomic mass is 10.2. The van der Waals surface area contributed by atoms with Crippen LogP contribution in [0.4, 0.5) is 0 Å². The number of ether oxygens (including phenoxy) is 2. The Morgan fingerprint density at radius 2 is 2.22 bits per heavy atom. The van der Waals surface area contributed by atoms with Crippen LogP contribution in [0.3, 0.4) is 0 Å². The molecule has 1 fully saturated rings. The van der Waals surface area contributed by atoms with E-state index < -0.39 is 0 Å². The number of para-hydroxylation sites is 1. The zero-order valence-corrected chi connectivity index (χ0v) is 13.4. The zero-order valence-electron chi connectivity index (χ0n) is 12.6. The summed E-state index contributed by atoms with van der Waals surface area (Å²) in [6.45, 7) is 0.804. The number of benzene rings is 1. The monoisotopic (exact) mass is 329 g/mol. The zero-order chi connectivity index (χ0) is 15.6. The van der Waals surface area contributed by atoms with Gasteiger partial charge in [0.1, 0.15) is 21.7 Å². The molecule has 3 heterocycles. The van der Waals surface area contributed by atoms with Gasteiger partial charge in [0, 0.05) is 6.61 Å². The van der Waals surface area contributed by atoms with E-state index in [1.54, 1.807) is 13.3 Å². The lowest BCUT2D eigenvalue weighted by molar-refractivity contribution is 0.111. The smallest absolute Gasteiger partial charge is 0.269 e. The Bertz CT molecular complexity index is 808. The van der Waals surface area contributed by atoms with Crippen LogP contribution in [-0.2, 0) is 4.74 Å². The summed E-state index contributed by atoms with van der Waals surface area (Å²) in [6, 6.07) is 7.59. The standard InChI is InChI=1S/C16H15N3O3S/c1-20-11-6-3-2-5-10(11)14-18-15(22-19-14)13-9-17-16(23-13)12-7-4-8-21-12/h2-3,5-6,9,12H,4,7-8H2,1H3. The Morgan fingerprint density at radius 1 is 1.30 bits per heavy atom. The number of rotatable bonds is 4. The summed E-state index contributed by atoms with van der Waals surface area (Å²) in [5, 5.41) is 5.03. The molecule has 1 aromatic carbocycles. The Balaban J connectivity index is 1.63. The van der Waals surface area contributed by atoms with E-state index in [-0.39, 0.29) is 6.10 Å². The Labute approximate surface area is 137 Å². The summed E-state index contributed by atoms with van der Waals surface area (Å²) in [7, 11) is 1.62. The van der Waals surface area contributed by atoms with Crippen LogP contribution < -0.4 is 4.74 Å². The Hall–Kier alpha value is -2.25. The molecule has 4 rings (SSSR count). The second-order valence-corrected chi connectivity index (χ2v) is 6.25. The number of hydrogen-bond acceptors (Lipinski definition) is 7. The van der Waals surface area contributed by atoms with Gasteiger partial charge in [0.05, 0.1) is 18.9 Å². The normalized spacial score (nSPS) is 17.5. The predicted molar refractivity (Wildman–Crippen MR) is 85.3 cm³/mol. The highest BCUT2D eigenvalue weighted by Crippen LogP contribution is 2.35. The number of thiazole rings is 1. The van der Waals surface area contributed by atoms with E-state index in [4.69, 9.17) is 14.0 Å². The molecule has 1 aliphatic heterocycles. The van der Waals surface area contributed by atoms with Gasteiger partial charge in [-0.15, -0.1) is 11.3 Å². The van der Waals surface area contributed by atoms with Gasteiger partial charge in [-0.3, -0.25) is 0 Å². The van der Waals surface area contributed by atoms with Crippen molar-refractivity contribution in [2.45, 2.75) is 18.9 Å². The molecular formula is C16H15N3O3S. The van der Waals surface area contributed by atoms with Crippen LogP contribution in [0.2, 0.25) is 0 Å². The van der Waals surface area contributed by atoms with Crippen molar-refractivity contribution < 1.29 is 14.0 Å². The van der Waals surface area contributed by atoms with E-state index in [1.807, 2.05) is 24.3 Å². The van der Waals surface area contributed by atoms with Crippen LogP contribution in [0.15, 0.2) is 35.0 Å². The van der Waals surface area contributed by atoms with E-state index >= 15 is 0 Å². The van der Waals surface area contributed by atoms with Gasteiger partial charge in [-0.1, -0.05) is 17.3 Å². The van der Waals surface area contributed by atoms with Crippen molar-refractivity contribution in [3.8, 4) is 27.9 Å². The summed E-state index contributed by atoms with van der Waals surface area (Å²) in [5.74, 6) is 1.68. The van der Waals surface area contributed by atoms with Crippen LogP contribution in [0, 0.1) is 0 Å². The number of hydrogen-bond donors (Lipinski definition) is 0. The molecule has 0 amide bonds. The summed E-state index contributed by atoms with van der Waals surface area (Å²) in [4.78, 5) is 9.75. The van der Waals surface area contributed by atoms with Crippen LogP contribution in [0.25, 0.3) is 22.2 Å². The molecule has 2 aromatic heterocycles. The summed E-state index contributed by atoms with van der Waals surface area (Å²) < 4.78 is 16.4. The molecule has 0 aliphatic carbocycles. The van der Waals surface area contributed by atoms with E-state index in [9.17, 15) is 0 Å². The minimum Gasteiger partial charge on any atom is -0.496 e. The molecule has 0 bridgehead atoms. The average Bonchev–Trinajstić information content (AvgIpc) is 3.34. The van der Waals surface area contributed by atoms with Crippen molar-refractivity contribution in [2.24, 2.45) is 0 Å². The van der Waals surface area contributed by atoms with Crippen molar-refractivity contribution in [2.75, 3.05) is 13.7 Å². The van der Waals surface area contributed by atoms with E-state index in [0.717, 1.165) is 34.9 Å². The van der Waals surface area contributed by atoms with Gasteiger partial charge in [0.15, 0.2) is 0 Å². The number of nitrogens with zero attached hydrogens (tertiary/aromatic N) is 3. The predicted octanol–water partition coefficient (Wildman–Crippen LogP) is 3.72. The van der Waals surface area contributed by atoms with Crippen molar-refractivity contribution in [1.82, 2.24) is 15.1 Å². The van der Waals surface area contributed by atoms with E-state index in [1.165, 1.54) is 11.3 Å². The van der Waals surface area contributed by atoms with Gasteiger partial charge in [0.2, 0.25) is 5.82 Å². The van der Waals surface area contributed by atoms with Crippen LogP contribution >= 0.6 is 11.3 Å². The molecule has 1 unspecified atom stereocenters. The lowest BCUT2D eigenvalue weighted by Crippen LogP contribution is -1.93. The number of methoxy groups -OCH3 is 1. The first-order valence-electron chi connectivity index (χ1n) is 7.40.